The van der Waals surface area contributed by atoms with Crippen molar-refractivity contribution in [1.82, 2.24) is 10.2 Å². The van der Waals surface area contributed by atoms with Gasteiger partial charge >= 0.3 is 0 Å². The third kappa shape index (κ3) is 4.44. The first-order chi connectivity index (χ1) is 8.25. The Bertz CT molecular complexity index is 347. The minimum Gasteiger partial charge on any atom is -0.492 e. The molecule has 0 amide bonds. The highest BCUT2D eigenvalue weighted by molar-refractivity contribution is 5.85. The molecule has 3 nitrogen and oxygen atoms in total. The topological polar surface area (TPSA) is 24.5 Å². The van der Waals surface area contributed by atoms with Crippen LogP contribution < -0.4 is 10.1 Å². The first-order valence-corrected chi connectivity index (χ1v) is 6.09. The van der Waals surface area contributed by atoms with Gasteiger partial charge in [0.25, 0.3) is 0 Å². The van der Waals surface area contributed by atoms with E-state index in [1.54, 1.807) is 12.1 Å². The van der Waals surface area contributed by atoms with E-state index in [4.69, 9.17) is 4.74 Å². The Hall–Kier alpha value is -0.840. The van der Waals surface area contributed by atoms with Crippen molar-refractivity contribution in [2.45, 2.75) is 13.0 Å². The molecule has 0 bridgehead atoms. The lowest BCUT2D eigenvalue weighted by Gasteiger charge is -2.33. The van der Waals surface area contributed by atoms with Crippen molar-refractivity contribution in [3.63, 3.8) is 0 Å². The Labute approximate surface area is 114 Å². The second kappa shape index (κ2) is 7.56. The molecule has 1 N–H and O–H groups in total. The summed E-state index contributed by atoms with van der Waals surface area (Å²) in [5.41, 5.74) is 0. The first kappa shape index (κ1) is 15.2. The number of hydrogen-bond acceptors (Lipinski definition) is 3. The molecule has 1 saturated heterocycles. The summed E-state index contributed by atoms with van der Waals surface area (Å²) in [6, 6.07) is 6.72. The van der Waals surface area contributed by atoms with E-state index in [0.717, 1.165) is 31.9 Å². The SMILES string of the molecule is C[C@H]1CNCCN1CCOc1ccc(F)cc1.Cl. The van der Waals surface area contributed by atoms with Crippen molar-refractivity contribution >= 4 is 12.4 Å². The molecule has 1 aromatic carbocycles. The van der Waals surface area contributed by atoms with E-state index in [1.165, 1.54) is 12.1 Å². The monoisotopic (exact) mass is 274 g/mol. The molecule has 0 saturated carbocycles. The van der Waals surface area contributed by atoms with Gasteiger partial charge in [0, 0.05) is 32.2 Å². The maximum Gasteiger partial charge on any atom is 0.123 e. The Morgan fingerprint density at radius 3 is 2.78 bits per heavy atom. The lowest BCUT2D eigenvalue weighted by atomic mass is 10.2. The summed E-state index contributed by atoms with van der Waals surface area (Å²) in [7, 11) is 0. The van der Waals surface area contributed by atoms with Crippen LogP contribution in [0.15, 0.2) is 24.3 Å². The fraction of sp³-hybridized carbons (Fsp3) is 0.538. The molecule has 102 valence electrons. The summed E-state index contributed by atoms with van der Waals surface area (Å²) in [5.74, 6) is 0.502. The molecule has 1 aliphatic heterocycles. The van der Waals surface area contributed by atoms with Gasteiger partial charge in [-0.05, 0) is 31.2 Å². The van der Waals surface area contributed by atoms with E-state index >= 15 is 0 Å². The maximum atomic E-state index is 12.7. The highest BCUT2D eigenvalue weighted by Crippen LogP contribution is 2.11. The smallest absolute Gasteiger partial charge is 0.123 e. The highest BCUT2D eigenvalue weighted by atomic mass is 35.5. The fourth-order valence-electron chi connectivity index (χ4n) is 2.03. The molecule has 5 heteroatoms. The summed E-state index contributed by atoms with van der Waals surface area (Å²) in [5, 5.41) is 3.35. The van der Waals surface area contributed by atoms with Gasteiger partial charge in [0.2, 0.25) is 0 Å². The molecule has 0 aromatic heterocycles. The number of rotatable bonds is 4. The molecule has 1 heterocycles. The Kier molecular flexibility index (Phi) is 6.39. The van der Waals surface area contributed by atoms with Crippen molar-refractivity contribution < 1.29 is 9.13 Å². The van der Waals surface area contributed by atoms with E-state index in [9.17, 15) is 4.39 Å². The number of halogens is 2. The Morgan fingerprint density at radius 2 is 2.11 bits per heavy atom. The van der Waals surface area contributed by atoms with E-state index in [-0.39, 0.29) is 18.2 Å². The highest BCUT2D eigenvalue weighted by Gasteiger charge is 2.16. The van der Waals surface area contributed by atoms with Crippen LogP contribution in [0.1, 0.15) is 6.92 Å². The minimum absolute atomic E-state index is 0. The number of piperazine rings is 1. The molecule has 18 heavy (non-hydrogen) atoms. The third-order valence-electron chi connectivity index (χ3n) is 3.10. The average molecular weight is 275 g/mol. The maximum absolute atomic E-state index is 12.7. The predicted molar refractivity (Wildman–Crippen MR) is 73.0 cm³/mol. The van der Waals surface area contributed by atoms with Crippen molar-refractivity contribution in [1.29, 1.82) is 0 Å². The standard InChI is InChI=1S/C13H19FN2O.ClH/c1-11-10-15-6-7-16(11)8-9-17-13-4-2-12(14)3-5-13;/h2-5,11,15H,6-10H2,1H3;1H/t11-;/m0./s1. The van der Waals surface area contributed by atoms with Crippen molar-refractivity contribution in [3.05, 3.63) is 30.1 Å². The molecule has 1 aliphatic rings. The van der Waals surface area contributed by atoms with Gasteiger partial charge in [0.05, 0.1) is 0 Å². The van der Waals surface area contributed by atoms with Crippen LogP contribution in [0.3, 0.4) is 0 Å². The fourth-order valence-corrected chi connectivity index (χ4v) is 2.03. The molecular weight excluding hydrogens is 255 g/mol. The van der Waals surface area contributed by atoms with Crippen LogP contribution in [0.4, 0.5) is 4.39 Å². The zero-order chi connectivity index (χ0) is 12.1. The summed E-state index contributed by atoms with van der Waals surface area (Å²) in [4.78, 5) is 2.40. The number of ether oxygens (including phenoxy) is 1. The normalized spacial score (nSPS) is 20.2. The minimum atomic E-state index is -0.229. The first-order valence-electron chi connectivity index (χ1n) is 6.09. The van der Waals surface area contributed by atoms with Crippen LogP contribution in [-0.4, -0.2) is 43.7 Å². The number of hydrogen-bond donors (Lipinski definition) is 1. The summed E-state index contributed by atoms with van der Waals surface area (Å²) in [6.07, 6.45) is 0. The van der Waals surface area contributed by atoms with E-state index in [1.807, 2.05) is 0 Å². The zero-order valence-corrected chi connectivity index (χ0v) is 11.4. The van der Waals surface area contributed by atoms with Crippen LogP contribution in [0.5, 0.6) is 5.75 Å². The zero-order valence-electron chi connectivity index (χ0n) is 10.6. The molecular formula is C13H20ClFN2O. The van der Waals surface area contributed by atoms with Gasteiger partial charge in [-0.25, -0.2) is 4.39 Å². The Balaban J connectivity index is 0.00000162. The quantitative estimate of drug-likeness (QED) is 0.908. The van der Waals surface area contributed by atoms with Crippen molar-refractivity contribution in [3.8, 4) is 5.75 Å². The second-order valence-electron chi connectivity index (χ2n) is 4.39. The molecule has 1 atom stereocenters. The molecule has 0 radical (unpaired) electrons. The van der Waals surface area contributed by atoms with Gasteiger partial charge in [0.1, 0.15) is 18.2 Å². The Morgan fingerprint density at radius 1 is 1.39 bits per heavy atom. The van der Waals surface area contributed by atoms with Crippen molar-refractivity contribution in [2.24, 2.45) is 0 Å². The van der Waals surface area contributed by atoms with Crippen LogP contribution in [-0.2, 0) is 0 Å². The van der Waals surface area contributed by atoms with Gasteiger partial charge in [0.15, 0.2) is 0 Å². The van der Waals surface area contributed by atoms with Crippen LogP contribution >= 0.6 is 12.4 Å². The molecule has 0 unspecified atom stereocenters. The van der Waals surface area contributed by atoms with Crippen LogP contribution in [0.2, 0.25) is 0 Å². The van der Waals surface area contributed by atoms with Crippen LogP contribution in [0.25, 0.3) is 0 Å². The van der Waals surface area contributed by atoms with Gasteiger partial charge in [-0.1, -0.05) is 0 Å². The molecule has 1 fully saturated rings. The lowest BCUT2D eigenvalue weighted by molar-refractivity contribution is 0.143. The molecule has 0 aliphatic carbocycles. The molecule has 2 rings (SSSR count). The van der Waals surface area contributed by atoms with E-state index in [0.29, 0.717) is 12.6 Å². The largest absolute Gasteiger partial charge is 0.492 e. The summed E-state index contributed by atoms with van der Waals surface area (Å²) >= 11 is 0. The average Bonchev–Trinajstić information content (AvgIpc) is 2.34. The van der Waals surface area contributed by atoms with Crippen molar-refractivity contribution in [2.75, 3.05) is 32.8 Å². The van der Waals surface area contributed by atoms with E-state index in [2.05, 4.69) is 17.1 Å². The van der Waals surface area contributed by atoms with Gasteiger partial charge in [-0.2, -0.15) is 0 Å². The second-order valence-corrected chi connectivity index (χ2v) is 4.39. The summed E-state index contributed by atoms with van der Waals surface area (Å²) in [6.45, 7) is 6.92. The predicted octanol–water partition coefficient (Wildman–Crippen LogP) is 1.92. The molecule has 0 spiro atoms. The number of benzene rings is 1. The number of nitrogens with zero attached hydrogens (tertiary/aromatic N) is 1. The third-order valence-corrected chi connectivity index (χ3v) is 3.10. The van der Waals surface area contributed by atoms with Crippen LogP contribution in [0, 0.1) is 5.82 Å². The van der Waals surface area contributed by atoms with Gasteiger partial charge in [-0.3, -0.25) is 4.90 Å². The number of nitrogens with one attached hydrogen (secondary N) is 1. The van der Waals surface area contributed by atoms with Gasteiger partial charge < -0.3 is 10.1 Å². The molecule has 1 aromatic rings. The summed E-state index contributed by atoms with van der Waals surface area (Å²) < 4.78 is 18.3. The van der Waals surface area contributed by atoms with Gasteiger partial charge in [-0.15, -0.1) is 12.4 Å². The lowest BCUT2D eigenvalue weighted by Crippen LogP contribution is -2.50. The van der Waals surface area contributed by atoms with E-state index < -0.39 is 0 Å².